The Kier molecular flexibility index (Phi) is 6.27. The molecule has 2 atom stereocenters. The molecular weight excluding hydrogens is 300 g/mol. The molecule has 1 aliphatic carbocycles. The first-order valence-electron chi connectivity index (χ1n) is 9.42. The Morgan fingerprint density at radius 2 is 1.88 bits per heavy atom. The molecule has 1 saturated heterocycles. The molecule has 3 rings (SSSR count). The van der Waals surface area contributed by atoms with Crippen molar-refractivity contribution in [1.82, 2.24) is 4.90 Å². The van der Waals surface area contributed by atoms with E-state index in [9.17, 15) is 4.79 Å². The molecule has 132 valence electrons. The van der Waals surface area contributed by atoms with Gasteiger partial charge in [-0.25, -0.2) is 0 Å². The Labute approximate surface area is 145 Å². The topological polar surface area (TPSA) is 55.6 Å². The average Bonchev–Trinajstić information content (AvgIpc) is 3.11. The lowest BCUT2D eigenvalue weighted by atomic mass is 9.93. The predicted molar refractivity (Wildman–Crippen MR) is 95.6 cm³/mol. The molecule has 2 fully saturated rings. The van der Waals surface area contributed by atoms with E-state index in [4.69, 9.17) is 10.5 Å². The third-order valence-corrected chi connectivity index (χ3v) is 5.62. The van der Waals surface area contributed by atoms with Crippen molar-refractivity contribution in [2.75, 3.05) is 26.2 Å². The summed E-state index contributed by atoms with van der Waals surface area (Å²) in [7, 11) is 0. The lowest BCUT2D eigenvalue weighted by Crippen LogP contribution is -2.45. The minimum absolute atomic E-state index is 0.172. The lowest BCUT2D eigenvalue weighted by molar-refractivity contribution is -0.139. The molecule has 24 heavy (non-hydrogen) atoms. The van der Waals surface area contributed by atoms with Crippen molar-refractivity contribution in [2.45, 2.75) is 44.6 Å². The van der Waals surface area contributed by atoms with E-state index in [2.05, 4.69) is 29.2 Å². The Morgan fingerprint density at radius 1 is 1.12 bits per heavy atom. The molecule has 0 unspecified atom stereocenters. The largest absolute Gasteiger partial charge is 0.378 e. The average molecular weight is 330 g/mol. The molecule has 0 radical (unpaired) electrons. The van der Waals surface area contributed by atoms with Gasteiger partial charge in [-0.2, -0.15) is 0 Å². The molecule has 2 N–H and O–H groups in total. The highest BCUT2D eigenvalue weighted by Crippen LogP contribution is 2.33. The maximum absolute atomic E-state index is 12.7. The summed E-state index contributed by atoms with van der Waals surface area (Å²) in [5, 5.41) is 0. The molecule has 1 saturated carbocycles. The van der Waals surface area contributed by atoms with Crippen molar-refractivity contribution < 1.29 is 9.53 Å². The van der Waals surface area contributed by atoms with Gasteiger partial charge in [-0.05, 0) is 50.1 Å². The fraction of sp³-hybridized carbons (Fsp3) is 0.650. The number of nitrogens with zero attached hydrogens (tertiary/aromatic N) is 1. The van der Waals surface area contributed by atoms with Gasteiger partial charge in [0, 0.05) is 19.0 Å². The normalized spacial score (nSPS) is 25.1. The van der Waals surface area contributed by atoms with Crippen molar-refractivity contribution in [1.29, 1.82) is 0 Å². The predicted octanol–water partition coefficient (Wildman–Crippen LogP) is 2.61. The standard InChI is InChI=1S/C20H30N2O2/c21-15-17-7-4-8-19(17)20(23)22-12-9-18(10-13-22)24-14-11-16-5-2-1-3-6-16/h1-3,5-6,17-19H,4,7-15,21H2/t17-,19-/m1/s1. The van der Waals surface area contributed by atoms with Gasteiger partial charge >= 0.3 is 0 Å². The number of piperidine rings is 1. The summed E-state index contributed by atoms with van der Waals surface area (Å²) < 4.78 is 6.02. The first-order valence-corrected chi connectivity index (χ1v) is 9.42. The van der Waals surface area contributed by atoms with E-state index in [0.717, 1.165) is 58.2 Å². The molecule has 4 nitrogen and oxygen atoms in total. The Morgan fingerprint density at radius 3 is 2.58 bits per heavy atom. The third kappa shape index (κ3) is 4.37. The van der Waals surface area contributed by atoms with Gasteiger partial charge in [-0.3, -0.25) is 4.79 Å². The van der Waals surface area contributed by atoms with Crippen molar-refractivity contribution in [3.05, 3.63) is 35.9 Å². The van der Waals surface area contributed by atoms with Gasteiger partial charge in [0.2, 0.25) is 5.91 Å². The second-order valence-corrected chi connectivity index (χ2v) is 7.16. The number of carbonyl (C=O) groups excluding carboxylic acids is 1. The van der Waals surface area contributed by atoms with Crippen LogP contribution < -0.4 is 5.73 Å². The van der Waals surface area contributed by atoms with Crippen LogP contribution in [0.15, 0.2) is 30.3 Å². The number of likely N-dealkylation sites (tertiary alicyclic amines) is 1. The van der Waals surface area contributed by atoms with E-state index in [0.29, 0.717) is 24.5 Å². The van der Waals surface area contributed by atoms with Crippen LogP contribution in [0.2, 0.25) is 0 Å². The molecule has 4 heteroatoms. The number of amides is 1. The van der Waals surface area contributed by atoms with E-state index in [1.807, 2.05) is 6.07 Å². The molecule has 1 heterocycles. The minimum Gasteiger partial charge on any atom is -0.378 e. The number of nitrogens with two attached hydrogens (primary N) is 1. The number of hydrogen-bond acceptors (Lipinski definition) is 3. The molecule has 1 aliphatic heterocycles. The summed E-state index contributed by atoms with van der Waals surface area (Å²) in [5.41, 5.74) is 7.14. The van der Waals surface area contributed by atoms with Crippen molar-refractivity contribution in [3.8, 4) is 0 Å². The van der Waals surface area contributed by atoms with E-state index in [1.165, 1.54) is 5.56 Å². The summed E-state index contributed by atoms with van der Waals surface area (Å²) in [4.78, 5) is 14.8. The molecule has 1 amide bonds. The summed E-state index contributed by atoms with van der Waals surface area (Å²) in [6, 6.07) is 10.4. The maximum atomic E-state index is 12.7. The monoisotopic (exact) mass is 330 g/mol. The Hall–Kier alpha value is -1.39. The highest BCUT2D eigenvalue weighted by atomic mass is 16.5. The van der Waals surface area contributed by atoms with Crippen LogP contribution in [0.25, 0.3) is 0 Å². The quantitative estimate of drug-likeness (QED) is 0.872. The first kappa shape index (κ1) is 17.4. The van der Waals surface area contributed by atoms with E-state index in [-0.39, 0.29) is 5.92 Å². The van der Waals surface area contributed by atoms with Gasteiger partial charge < -0.3 is 15.4 Å². The molecule has 0 aromatic heterocycles. The van der Waals surface area contributed by atoms with Gasteiger partial charge in [-0.1, -0.05) is 36.8 Å². The van der Waals surface area contributed by atoms with Gasteiger partial charge in [0.25, 0.3) is 0 Å². The lowest BCUT2D eigenvalue weighted by Gasteiger charge is -2.34. The third-order valence-electron chi connectivity index (χ3n) is 5.62. The van der Waals surface area contributed by atoms with Crippen LogP contribution in [0.4, 0.5) is 0 Å². The van der Waals surface area contributed by atoms with E-state index >= 15 is 0 Å². The second kappa shape index (κ2) is 8.63. The molecule has 0 bridgehead atoms. The van der Waals surface area contributed by atoms with Crippen LogP contribution in [0.3, 0.4) is 0 Å². The van der Waals surface area contributed by atoms with Crippen LogP contribution in [0, 0.1) is 11.8 Å². The summed E-state index contributed by atoms with van der Waals surface area (Å²) in [6.45, 7) is 3.08. The number of rotatable bonds is 6. The number of benzene rings is 1. The number of ether oxygens (including phenoxy) is 1. The van der Waals surface area contributed by atoms with Crippen molar-refractivity contribution in [2.24, 2.45) is 17.6 Å². The number of hydrogen-bond donors (Lipinski definition) is 1. The molecule has 1 aromatic rings. The summed E-state index contributed by atoms with van der Waals surface area (Å²) >= 11 is 0. The second-order valence-electron chi connectivity index (χ2n) is 7.16. The highest BCUT2D eigenvalue weighted by molar-refractivity contribution is 5.79. The van der Waals surface area contributed by atoms with Crippen LogP contribution >= 0.6 is 0 Å². The zero-order chi connectivity index (χ0) is 16.8. The molecule has 1 aromatic carbocycles. The van der Waals surface area contributed by atoms with Gasteiger partial charge in [0.1, 0.15) is 0 Å². The zero-order valence-electron chi connectivity index (χ0n) is 14.5. The summed E-state index contributed by atoms with van der Waals surface area (Å²) in [6.07, 6.45) is 6.46. The SMILES string of the molecule is NC[C@H]1CCC[C@H]1C(=O)N1CCC(OCCc2ccccc2)CC1. The van der Waals surface area contributed by atoms with Crippen LogP contribution in [0.5, 0.6) is 0 Å². The fourth-order valence-corrected chi connectivity index (χ4v) is 4.11. The van der Waals surface area contributed by atoms with Gasteiger partial charge in [-0.15, -0.1) is 0 Å². The van der Waals surface area contributed by atoms with Crippen LogP contribution in [0.1, 0.15) is 37.7 Å². The van der Waals surface area contributed by atoms with E-state index in [1.54, 1.807) is 0 Å². The van der Waals surface area contributed by atoms with Crippen molar-refractivity contribution in [3.63, 3.8) is 0 Å². The fourth-order valence-electron chi connectivity index (χ4n) is 4.11. The molecule has 2 aliphatic rings. The van der Waals surface area contributed by atoms with Crippen LogP contribution in [-0.2, 0) is 16.0 Å². The summed E-state index contributed by atoms with van der Waals surface area (Å²) in [5.74, 6) is 0.911. The van der Waals surface area contributed by atoms with E-state index < -0.39 is 0 Å². The highest BCUT2D eigenvalue weighted by Gasteiger charge is 2.35. The van der Waals surface area contributed by atoms with Gasteiger partial charge in [0.15, 0.2) is 0 Å². The number of carbonyl (C=O) groups is 1. The minimum atomic E-state index is 0.172. The Bertz CT molecular complexity index is 512. The molecule has 0 spiro atoms. The van der Waals surface area contributed by atoms with Gasteiger partial charge in [0.05, 0.1) is 12.7 Å². The van der Waals surface area contributed by atoms with Crippen molar-refractivity contribution >= 4 is 5.91 Å². The first-order chi connectivity index (χ1) is 11.8. The van der Waals surface area contributed by atoms with Crippen LogP contribution in [-0.4, -0.2) is 43.2 Å². The smallest absolute Gasteiger partial charge is 0.226 e. The molecular formula is C20H30N2O2. The Balaban J connectivity index is 1.38. The zero-order valence-corrected chi connectivity index (χ0v) is 14.5. The maximum Gasteiger partial charge on any atom is 0.226 e.